The number of carbonyl (C=O) groups excluding carboxylic acids is 1. The zero-order valence-electron chi connectivity index (χ0n) is 8.40. The Labute approximate surface area is 93.5 Å². The molecule has 0 fully saturated rings. The first-order valence-electron chi connectivity index (χ1n) is 4.41. The lowest BCUT2D eigenvalue weighted by Gasteiger charge is -2.04. The van der Waals surface area contributed by atoms with E-state index in [2.05, 4.69) is 0 Å². The summed E-state index contributed by atoms with van der Waals surface area (Å²) >= 11 is 0. The maximum Gasteiger partial charge on any atom is 0.261 e. The molecule has 0 aliphatic carbocycles. The highest BCUT2D eigenvalue weighted by Crippen LogP contribution is 2.18. The molecule has 1 rings (SSSR count). The molecule has 0 N–H and O–H groups in total. The van der Waals surface area contributed by atoms with Crippen LogP contribution in [0.1, 0.15) is 24.2 Å². The number of carbonyl (C=O) groups is 1. The average molecular weight is 247 g/mol. The van der Waals surface area contributed by atoms with Crippen LogP contribution in [-0.4, -0.2) is 14.2 Å². The average Bonchev–Trinajstić information content (AvgIpc) is 2.15. The third-order valence-electron chi connectivity index (χ3n) is 1.92. The third-order valence-corrected chi connectivity index (χ3v) is 3.28. The van der Waals surface area contributed by atoms with Crippen molar-refractivity contribution < 1.29 is 13.2 Å². The zero-order chi connectivity index (χ0) is 11.6. The van der Waals surface area contributed by atoms with Gasteiger partial charge in [0.05, 0.1) is 4.90 Å². The first-order chi connectivity index (χ1) is 6.82. The maximum absolute atomic E-state index is 11.6. The van der Waals surface area contributed by atoms with Crippen LogP contribution in [0, 0.1) is 5.92 Å². The highest BCUT2D eigenvalue weighted by Gasteiger charge is 2.15. The Morgan fingerprint density at radius 3 is 2.40 bits per heavy atom. The molecule has 0 aliphatic rings. The molecule has 0 aliphatic heterocycles. The Hall–Kier alpha value is -0.870. The normalized spacial score (nSPS) is 11.7. The lowest BCUT2D eigenvalue weighted by molar-refractivity contribution is 0.0939. The SMILES string of the molecule is CC(C)C(=O)c1cccc(S(=O)(=O)Cl)c1. The first-order valence-corrected chi connectivity index (χ1v) is 6.72. The van der Waals surface area contributed by atoms with Crippen molar-refractivity contribution in [2.45, 2.75) is 18.7 Å². The van der Waals surface area contributed by atoms with Gasteiger partial charge in [-0.05, 0) is 12.1 Å². The van der Waals surface area contributed by atoms with Crippen LogP contribution in [0.15, 0.2) is 29.2 Å². The van der Waals surface area contributed by atoms with Crippen molar-refractivity contribution in [1.82, 2.24) is 0 Å². The molecule has 82 valence electrons. The van der Waals surface area contributed by atoms with E-state index < -0.39 is 9.05 Å². The van der Waals surface area contributed by atoms with E-state index >= 15 is 0 Å². The number of Topliss-reactive ketones (excluding diaryl/α,β-unsaturated/α-hetero) is 1. The van der Waals surface area contributed by atoms with Crippen LogP contribution < -0.4 is 0 Å². The number of ketones is 1. The predicted molar refractivity (Wildman–Crippen MR) is 58.6 cm³/mol. The van der Waals surface area contributed by atoms with Crippen LogP contribution in [-0.2, 0) is 9.05 Å². The summed E-state index contributed by atoms with van der Waals surface area (Å²) in [5, 5.41) is 0. The fraction of sp³-hybridized carbons (Fsp3) is 0.300. The minimum absolute atomic E-state index is 0.0457. The molecule has 0 heterocycles. The van der Waals surface area contributed by atoms with Crippen molar-refractivity contribution in [3.05, 3.63) is 29.8 Å². The van der Waals surface area contributed by atoms with E-state index in [1.165, 1.54) is 18.2 Å². The standard InChI is InChI=1S/C10H11ClO3S/c1-7(2)10(12)8-4-3-5-9(6-8)15(11,13)14/h3-7H,1-2H3. The van der Waals surface area contributed by atoms with Gasteiger partial charge in [-0.25, -0.2) is 8.42 Å². The smallest absolute Gasteiger partial charge is 0.261 e. The van der Waals surface area contributed by atoms with E-state index in [9.17, 15) is 13.2 Å². The molecule has 0 unspecified atom stereocenters. The number of halogens is 1. The Balaban J connectivity index is 3.20. The lowest BCUT2D eigenvalue weighted by atomic mass is 10.0. The molecular weight excluding hydrogens is 236 g/mol. The first kappa shape index (κ1) is 12.2. The largest absolute Gasteiger partial charge is 0.294 e. The Morgan fingerprint density at radius 2 is 1.93 bits per heavy atom. The van der Waals surface area contributed by atoms with Gasteiger partial charge in [-0.2, -0.15) is 0 Å². The van der Waals surface area contributed by atoms with E-state index in [-0.39, 0.29) is 16.6 Å². The van der Waals surface area contributed by atoms with Gasteiger partial charge in [0, 0.05) is 22.2 Å². The quantitative estimate of drug-likeness (QED) is 0.608. The lowest BCUT2D eigenvalue weighted by Crippen LogP contribution is -2.07. The van der Waals surface area contributed by atoms with Crippen LogP contribution in [0.3, 0.4) is 0 Å². The van der Waals surface area contributed by atoms with Crippen LogP contribution >= 0.6 is 10.7 Å². The molecule has 0 aromatic heterocycles. The van der Waals surface area contributed by atoms with Crippen molar-refractivity contribution in [2.75, 3.05) is 0 Å². The highest BCUT2D eigenvalue weighted by molar-refractivity contribution is 8.13. The topological polar surface area (TPSA) is 51.2 Å². The number of rotatable bonds is 3. The monoisotopic (exact) mass is 246 g/mol. The van der Waals surface area contributed by atoms with E-state index in [0.29, 0.717) is 5.56 Å². The van der Waals surface area contributed by atoms with Crippen molar-refractivity contribution in [3.8, 4) is 0 Å². The Morgan fingerprint density at radius 1 is 1.33 bits per heavy atom. The molecule has 0 spiro atoms. The van der Waals surface area contributed by atoms with Crippen molar-refractivity contribution in [3.63, 3.8) is 0 Å². The fourth-order valence-corrected chi connectivity index (χ4v) is 1.93. The molecule has 1 aromatic carbocycles. The molecule has 0 radical (unpaired) electrons. The summed E-state index contributed by atoms with van der Waals surface area (Å²) in [5.41, 5.74) is 0.367. The van der Waals surface area contributed by atoms with Crippen LogP contribution in [0.4, 0.5) is 0 Å². The van der Waals surface area contributed by atoms with Crippen LogP contribution in [0.2, 0.25) is 0 Å². The molecule has 0 saturated heterocycles. The van der Waals surface area contributed by atoms with Gasteiger partial charge in [0.2, 0.25) is 0 Å². The van der Waals surface area contributed by atoms with Gasteiger partial charge < -0.3 is 0 Å². The third kappa shape index (κ3) is 3.04. The van der Waals surface area contributed by atoms with Crippen molar-refractivity contribution in [2.24, 2.45) is 5.92 Å². The molecule has 0 saturated carbocycles. The Bertz CT molecular complexity index is 477. The summed E-state index contributed by atoms with van der Waals surface area (Å²) < 4.78 is 22.1. The molecule has 1 aromatic rings. The molecule has 0 amide bonds. The molecule has 5 heteroatoms. The highest BCUT2D eigenvalue weighted by atomic mass is 35.7. The van der Waals surface area contributed by atoms with E-state index in [0.717, 1.165) is 0 Å². The van der Waals surface area contributed by atoms with Gasteiger partial charge in [-0.1, -0.05) is 26.0 Å². The van der Waals surface area contributed by atoms with Crippen LogP contribution in [0.25, 0.3) is 0 Å². The summed E-state index contributed by atoms with van der Waals surface area (Å²) in [6.45, 7) is 3.51. The molecule has 15 heavy (non-hydrogen) atoms. The molecular formula is C10H11ClO3S. The van der Waals surface area contributed by atoms with Crippen molar-refractivity contribution in [1.29, 1.82) is 0 Å². The fourth-order valence-electron chi connectivity index (χ4n) is 1.13. The Kier molecular flexibility index (Phi) is 3.52. The van der Waals surface area contributed by atoms with Gasteiger partial charge in [-0.15, -0.1) is 0 Å². The number of benzene rings is 1. The number of hydrogen-bond donors (Lipinski definition) is 0. The molecule has 3 nitrogen and oxygen atoms in total. The maximum atomic E-state index is 11.6. The minimum atomic E-state index is -3.76. The zero-order valence-corrected chi connectivity index (χ0v) is 9.97. The number of hydrogen-bond acceptors (Lipinski definition) is 3. The van der Waals surface area contributed by atoms with Gasteiger partial charge in [0.25, 0.3) is 9.05 Å². The van der Waals surface area contributed by atoms with Crippen molar-refractivity contribution >= 4 is 25.5 Å². The molecule has 0 atom stereocenters. The van der Waals surface area contributed by atoms with E-state index in [4.69, 9.17) is 10.7 Å². The summed E-state index contributed by atoms with van der Waals surface area (Å²) in [5.74, 6) is -0.268. The second kappa shape index (κ2) is 4.33. The second-order valence-corrected chi connectivity index (χ2v) is 6.05. The summed E-state index contributed by atoms with van der Waals surface area (Å²) in [6, 6.07) is 5.74. The predicted octanol–water partition coefficient (Wildman–Crippen LogP) is 2.45. The molecule has 0 bridgehead atoms. The summed E-state index contributed by atoms with van der Waals surface area (Å²) in [6.07, 6.45) is 0. The summed E-state index contributed by atoms with van der Waals surface area (Å²) in [7, 11) is 1.41. The van der Waals surface area contributed by atoms with Gasteiger partial charge >= 0.3 is 0 Å². The minimum Gasteiger partial charge on any atom is -0.294 e. The van der Waals surface area contributed by atoms with Gasteiger partial charge in [-0.3, -0.25) is 4.79 Å². The van der Waals surface area contributed by atoms with Crippen LogP contribution in [0.5, 0.6) is 0 Å². The van der Waals surface area contributed by atoms with E-state index in [1.807, 2.05) is 0 Å². The van der Waals surface area contributed by atoms with Gasteiger partial charge in [0.15, 0.2) is 5.78 Å². The second-order valence-electron chi connectivity index (χ2n) is 3.48. The van der Waals surface area contributed by atoms with Gasteiger partial charge in [0.1, 0.15) is 0 Å². The van der Waals surface area contributed by atoms with E-state index in [1.54, 1.807) is 19.9 Å². The summed E-state index contributed by atoms with van der Waals surface area (Å²) in [4.78, 5) is 11.5.